The summed E-state index contributed by atoms with van der Waals surface area (Å²) < 4.78 is 20.0. The average Bonchev–Trinajstić information content (AvgIpc) is 2.63. The van der Waals surface area contributed by atoms with Crippen molar-refractivity contribution < 1.29 is 19.3 Å². The molecule has 0 spiro atoms. The van der Waals surface area contributed by atoms with Gasteiger partial charge in [0.15, 0.2) is 0 Å². The number of ether oxygens (including phenoxy) is 1. The third-order valence-corrected chi connectivity index (χ3v) is 2.81. The van der Waals surface area contributed by atoms with E-state index in [9.17, 15) is 19.1 Å². The van der Waals surface area contributed by atoms with E-state index in [0.29, 0.717) is 4.68 Å². The number of rotatable bonds is 2. The topological polar surface area (TPSA) is 117 Å². The number of nitrogens with zero attached hydrogens (tertiary/aromatic N) is 2. The molecule has 9 heteroatoms. The van der Waals surface area contributed by atoms with E-state index >= 15 is 0 Å². The zero-order chi connectivity index (χ0) is 14.2. The number of H-pyrrole nitrogens is 1. The molecule has 0 aliphatic carbocycles. The van der Waals surface area contributed by atoms with Gasteiger partial charge in [0.05, 0.1) is 6.61 Å². The summed E-state index contributed by atoms with van der Waals surface area (Å²) in [4.78, 5) is 24.3. The summed E-state index contributed by atoms with van der Waals surface area (Å²) in [5.41, 5.74) is -4.56. The van der Waals surface area contributed by atoms with Crippen LogP contribution in [0.5, 0.6) is 0 Å². The van der Waals surface area contributed by atoms with Crippen LogP contribution in [-0.2, 0) is 4.74 Å². The number of aliphatic hydroxyl groups is 2. The maximum absolute atomic E-state index is 14.5. The summed E-state index contributed by atoms with van der Waals surface area (Å²) in [5.74, 6) is 1.70. The Kier molecular flexibility index (Phi) is 3.23. The van der Waals surface area contributed by atoms with Gasteiger partial charge in [0.25, 0.3) is 5.56 Å². The van der Waals surface area contributed by atoms with Crippen molar-refractivity contribution in [1.29, 1.82) is 0 Å². The largest absolute Gasteiger partial charge is 0.394 e. The highest BCUT2D eigenvalue weighted by atomic mass is 19.1. The number of halogens is 1. The van der Waals surface area contributed by atoms with Crippen LogP contribution in [-0.4, -0.2) is 49.5 Å². The predicted molar refractivity (Wildman–Crippen MR) is 58.8 cm³/mol. The van der Waals surface area contributed by atoms with Gasteiger partial charge < -0.3 is 14.9 Å². The molecule has 8 nitrogen and oxygen atoms in total. The minimum absolute atomic E-state index is 0.472. The molecule has 1 aromatic heterocycles. The summed E-state index contributed by atoms with van der Waals surface area (Å²) >= 11 is 0. The van der Waals surface area contributed by atoms with E-state index in [1.807, 2.05) is 4.98 Å². The van der Waals surface area contributed by atoms with Crippen LogP contribution < -0.4 is 11.2 Å². The fraction of sp³-hybridized carbons (Fsp3) is 0.500. The van der Waals surface area contributed by atoms with Gasteiger partial charge in [0.2, 0.25) is 11.9 Å². The maximum Gasteiger partial charge on any atom is 0.347 e. The lowest BCUT2D eigenvalue weighted by atomic mass is 9.97. The minimum atomic E-state index is -2.75. The minimum Gasteiger partial charge on any atom is -0.394 e. The molecule has 4 atom stereocenters. The highest BCUT2D eigenvalue weighted by molar-refractivity contribution is 5.19. The molecule has 0 bridgehead atoms. The molecule has 0 saturated carbocycles. The van der Waals surface area contributed by atoms with Crippen molar-refractivity contribution in [1.82, 2.24) is 14.8 Å². The molecule has 1 fully saturated rings. The van der Waals surface area contributed by atoms with Crippen molar-refractivity contribution in [2.75, 3.05) is 6.61 Å². The van der Waals surface area contributed by atoms with E-state index < -0.39 is 42.0 Å². The summed E-state index contributed by atoms with van der Waals surface area (Å²) in [5, 5.41) is 22.0. The Morgan fingerprint density at radius 1 is 1.68 bits per heavy atom. The SMILES string of the molecule is C#CC1(F)[C@@H](O)[C@@H](CO)O[C@H]1n1ncc(=O)[nH]c1=O. The molecule has 3 N–H and O–H groups in total. The van der Waals surface area contributed by atoms with Crippen molar-refractivity contribution in [2.24, 2.45) is 0 Å². The molecular weight excluding hydrogens is 261 g/mol. The highest BCUT2D eigenvalue weighted by Crippen LogP contribution is 2.39. The van der Waals surface area contributed by atoms with Crippen LogP contribution in [0.3, 0.4) is 0 Å². The molecule has 0 aromatic carbocycles. The Hall–Kier alpha value is -2.02. The second-order valence-electron chi connectivity index (χ2n) is 3.95. The van der Waals surface area contributed by atoms with Crippen LogP contribution in [0.2, 0.25) is 0 Å². The summed E-state index contributed by atoms with van der Waals surface area (Å²) in [6, 6.07) is 0. The third kappa shape index (κ3) is 1.95. The molecule has 19 heavy (non-hydrogen) atoms. The number of hydrogen-bond acceptors (Lipinski definition) is 6. The van der Waals surface area contributed by atoms with Crippen molar-refractivity contribution in [2.45, 2.75) is 24.1 Å². The number of terminal acetylenes is 1. The number of hydrogen-bond donors (Lipinski definition) is 3. The van der Waals surface area contributed by atoms with Gasteiger partial charge >= 0.3 is 5.69 Å². The smallest absolute Gasteiger partial charge is 0.347 e. The van der Waals surface area contributed by atoms with Gasteiger partial charge in [0.1, 0.15) is 18.4 Å². The van der Waals surface area contributed by atoms with Gasteiger partial charge in [-0.25, -0.2) is 9.18 Å². The quantitative estimate of drug-likeness (QED) is 0.513. The molecule has 0 amide bonds. The molecule has 1 aliphatic heterocycles. The zero-order valence-electron chi connectivity index (χ0n) is 9.49. The van der Waals surface area contributed by atoms with Crippen molar-refractivity contribution in [3.05, 3.63) is 27.0 Å². The van der Waals surface area contributed by atoms with Crippen LogP contribution in [0.4, 0.5) is 4.39 Å². The molecular formula is C10H10FN3O5. The molecule has 1 aliphatic rings. The molecule has 1 saturated heterocycles. The lowest BCUT2D eigenvalue weighted by molar-refractivity contribution is -0.0611. The molecule has 2 rings (SSSR count). The molecule has 0 radical (unpaired) electrons. The maximum atomic E-state index is 14.5. The number of aliphatic hydroxyl groups excluding tert-OH is 2. The first kappa shape index (κ1) is 13.4. The van der Waals surface area contributed by atoms with E-state index in [0.717, 1.165) is 6.20 Å². The average molecular weight is 271 g/mol. The predicted octanol–water partition coefficient (Wildman–Crippen LogP) is -2.48. The summed E-state index contributed by atoms with van der Waals surface area (Å²) in [6.07, 6.45) is 0.891. The monoisotopic (exact) mass is 271 g/mol. The zero-order valence-corrected chi connectivity index (χ0v) is 9.49. The van der Waals surface area contributed by atoms with E-state index in [2.05, 4.69) is 5.10 Å². The summed E-state index contributed by atoms with van der Waals surface area (Å²) in [6.45, 7) is -0.691. The normalized spacial score (nSPS) is 34.1. The standard InChI is InChI=1S/C10H10FN3O5/c1-2-10(11)7(17)5(4-15)19-8(10)14-9(18)13-6(16)3-12-14/h1,3,5,7-8,15,17H,4H2,(H,13,16,18)/t5-,7+,8-,10?/m1/s1. The first-order valence-electron chi connectivity index (χ1n) is 5.23. The lowest BCUT2D eigenvalue weighted by Gasteiger charge is -2.22. The van der Waals surface area contributed by atoms with Crippen LogP contribution in [0.1, 0.15) is 6.23 Å². The second kappa shape index (κ2) is 4.58. The van der Waals surface area contributed by atoms with Gasteiger partial charge in [-0.3, -0.25) is 9.78 Å². The van der Waals surface area contributed by atoms with Gasteiger partial charge in [0, 0.05) is 0 Å². The Labute approximate surface area is 105 Å². The van der Waals surface area contributed by atoms with Crippen molar-refractivity contribution in [3.8, 4) is 12.3 Å². The van der Waals surface area contributed by atoms with Crippen molar-refractivity contribution >= 4 is 0 Å². The van der Waals surface area contributed by atoms with Crippen molar-refractivity contribution in [3.63, 3.8) is 0 Å². The van der Waals surface area contributed by atoms with Crippen LogP contribution >= 0.6 is 0 Å². The number of aromatic nitrogens is 3. The van der Waals surface area contributed by atoms with E-state index in [1.54, 1.807) is 5.92 Å². The molecule has 102 valence electrons. The van der Waals surface area contributed by atoms with Gasteiger partial charge in [-0.05, 0) is 0 Å². The molecule has 1 aromatic rings. The van der Waals surface area contributed by atoms with Gasteiger partial charge in [-0.15, -0.1) is 6.42 Å². The van der Waals surface area contributed by atoms with E-state index in [-0.39, 0.29) is 0 Å². The number of aromatic amines is 1. The Morgan fingerprint density at radius 3 is 2.89 bits per heavy atom. The second-order valence-corrected chi connectivity index (χ2v) is 3.95. The Bertz CT molecular complexity index is 635. The Morgan fingerprint density at radius 2 is 2.37 bits per heavy atom. The van der Waals surface area contributed by atoms with E-state index in [1.165, 1.54) is 0 Å². The van der Waals surface area contributed by atoms with Crippen LogP contribution in [0, 0.1) is 12.3 Å². The third-order valence-electron chi connectivity index (χ3n) is 2.81. The van der Waals surface area contributed by atoms with Crippen LogP contribution in [0.25, 0.3) is 0 Å². The lowest BCUT2D eigenvalue weighted by Crippen LogP contribution is -2.45. The molecule has 1 unspecified atom stereocenters. The number of alkyl halides is 1. The first-order valence-corrected chi connectivity index (χ1v) is 5.23. The Balaban J connectivity index is 2.52. The summed E-state index contributed by atoms with van der Waals surface area (Å²) in [7, 11) is 0. The fourth-order valence-corrected chi connectivity index (χ4v) is 1.82. The fourth-order valence-electron chi connectivity index (χ4n) is 1.82. The van der Waals surface area contributed by atoms with Gasteiger partial charge in [-0.2, -0.15) is 9.78 Å². The first-order chi connectivity index (χ1) is 8.93. The molecule has 2 heterocycles. The van der Waals surface area contributed by atoms with E-state index in [4.69, 9.17) is 16.3 Å². The van der Waals surface area contributed by atoms with Gasteiger partial charge in [-0.1, -0.05) is 5.92 Å². The van der Waals surface area contributed by atoms with Crippen LogP contribution in [0.15, 0.2) is 15.8 Å². The highest BCUT2D eigenvalue weighted by Gasteiger charge is 2.58. The number of nitrogens with one attached hydrogen (secondary N) is 1.